The van der Waals surface area contributed by atoms with Crippen molar-refractivity contribution in [2.24, 2.45) is 5.92 Å². The molecule has 0 spiro atoms. The summed E-state index contributed by atoms with van der Waals surface area (Å²) in [7, 11) is 3.35. The number of hydrogen-bond acceptors (Lipinski definition) is 4. The summed E-state index contributed by atoms with van der Waals surface area (Å²) < 4.78 is 11.9. The van der Waals surface area contributed by atoms with Crippen LogP contribution in [-0.2, 0) is 6.54 Å². The molecule has 3 aromatic rings. The van der Waals surface area contributed by atoms with Crippen molar-refractivity contribution in [3.63, 3.8) is 0 Å². The largest absolute Gasteiger partial charge is 0.497 e. The Morgan fingerprint density at radius 2 is 1.78 bits per heavy atom. The quantitative estimate of drug-likeness (QED) is 0.484. The van der Waals surface area contributed by atoms with Crippen LogP contribution in [0.1, 0.15) is 19.4 Å². The lowest BCUT2D eigenvalue weighted by atomic mass is 10.1. The topological polar surface area (TPSA) is 34.6 Å². The molecule has 2 aromatic carbocycles. The number of benzene rings is 2. The maximum absolute atomic E-state index is 5.58. The third-order valence-electron chi connectivity index (χ3n) is 4.40. The second kappa shape index (κ2) is 8.61. The molecule has 0 amide bonds. The van der Waals surface area contributed by atoms with Crippen LogP contribution in [0.25, 0.3) is 10.9 Å². The Balaban J connectivity index is 1.97. The number of ether oxygens (including phenoxy) is 2. The van der Waals surface area contributed by atoms with Crippen molar-refractivity contribution < 1.29 is 9.47 Å². The highest BCUT2D eigenvalue weighted by molar-refractivity contribution is 9.10. The monoisotopic (exact) mass is 428 g/mol. The van der Waals surface area contributed by atoms with E-state index >= 15 is 0 Å². The highest BCUT2D eigenvalue weighted by Gasteiger charge is 2.15. The molecule has 3 rings (SSSR count). The van der Waals surface area contributed by atoms with Crippen molar-refractivity contribution in [3.8, 4) is 11.5 Å². The SMILES string of the molecule is COc1ccc(CN(CC(C)C)c2ccc3ccc(Br)cc3n2)c(OC)c1. The third-order valence-corrected chi connectivity index (χ3v) is 4.90. The maximum Gasteiger partial charge on any atom is 0.129 e. The van der Waals surface area contributed by atoms with Crippen LogP contribution in [0, 0.1) is 5.92 Å². The van der Waals surface area contributed by atoms with E-state index in [-0.39, 0.29) is 0 Å². The van der Waals surface area contributed by atoms with Crippen LogP contribution >= 0.6 is 15.9 Å². The molecule has 0 radical (unpaired) electrons. The third kappa shape index (κ3) is 4.72. The van der Waals surface area contributed by atoms with Crippen molar-refractivity contribution in [3.05, 3.63) is 58.6 Å². The molecule has 4 nitrogen and oxygen atoms in total. The van der Waals surface area contributed by atoms with Crippen molar-refractivity contribution in [1.82, 2.24) is 4.98 Å². The summed E-state index contributed by atoms with van der Waals surface area (Å²) in [5, 5.41) is 1.13. The second-order valence-corrected chi connectivity index (χ2v) is 7.87. The van der Waals surface area contributed by atoms with Gasteiger partial charge in [0.2, 0.25) is 0 Å². The van der Waals surface area contributed by atoms with Gasteiger partial charge >= 0.3 is 0 Å². The molecule has 1 heterocycles. The van der Waals surface area contributed by atoms with Gasteiger partial charge < -0.3 is 14.4 Å². The molecule has 0 aliphatic rings. The Morgan fingerprint density at radius 3 is 2.48 bits per heavy atom. The summed E-state index contributed by atoms with van der Waals surface area (Å²) in [5.41, 5.74) is 2.09. The summed E-state index contributed by atoms with van der Waals surface area (Å²) >= 11 is 3.54. The molecule has 1 aromatic heterocycles. The molecule has 0 saturated carbocycles. The first-order valence-electron chi connectivity index (χ1n) is 9.02. The number of aromatic nitrogens is 1. The number of hydrogen-bond donors (Lipinski definition) is 0. The number of rotatable bonds is 7. The predicted molar refractivity (Wildman–Crippen MR) is 115 cm³/mol. The van der Waals surface area contributed by atoms with Gasteiger partial charge in [0, 0.05) is 34.6 Å². The first-order valence-corrected chi connectivity index (χ1v) is 9.81. The molecule has 0 aliphatic carbocycles. The van der Waals surface area contributed by atoms with Gasteiger partial charge in [0.1, 0.15) is 17.3 Å². The van der Waals surface area contributed by atoms with Crippen LogP contribution in [0.2, 0.25) is 0 Å². The Bertz CT molecular complexity index is 927. The van der Waals surface area contributed by atoms with Gasteiger partial charge in [0.25, 0.3) is 0 Å². The van der Waals surface area contributed by atoms with Gasteiger partial charge in [-0.1, -0.05) is 35.8 Å². The zero-order chi connectivity index (χ0) is 19.4. The number of halogens is 1. The van der Waals surface area contributed by atoms with E-state index in [4.69, 9.17) is 14.5 Å². The Morgan fingerprint density at radius 1 is 1.00 bits per heavy atom. The zero-order valence-corrected chi connectivity index (χ0v) is 17.8. The normalized spacial score (nSPS) is 11.0. The van der Waals surface area contributed by atoms with Gasteiger partial charge in [0.05, 0.1) is 19.7 Å². The fraction of sp³-hybridized carbons (Fsp3) is 0.318. The standard InChI is InChI=1S/C22H25BrN2O2/c1-15(2)13-25(14-17-6-9-19(26-3)12-21(17)27-4)22-10-7-16-5-8-18(23)11-20(16)24-22/h5-12,15H,13-14H2,1-4H3. The predicted octanol–water partition coefficient (Wildman–Crippen LogP) is 5.68. The smallest absolute Gasteiger partial charge is 0.129 e. The summed E-state index contributed by atoms with van der Waals surface area (Å²) in [5.74, 6) is 3.09. The molecule has 142 valence electrons. The zero-order valence-electron chi connectivity index (χ0n) is 16.2. The van der Waals surface area contributed by atoms with E-state index in [1.54, 1.807) is 14.2 Å². The number of pyridine rings is 1. The van der Waals surface area contributed by atoms with Crippen LogP contribution in [-0.4, -0.2) is 25.7 Å². The van der Waals surface area contributed by atoms with Crippen LogP contribution in [0.4, 0.5) is 5.82 Å². The van der Waals surface area contributed by atoms with Crippen LogP contribution < -0.4 is 14.4 Å². The van der Waals surface area contributed by atoms with E-state index in [0.29, 0.717) is 5.92 Å². The Hall–Kier alpha value is -2.27. The van der Waals surface area contributed by atoms with Crippen molar-refractivity contribution in [1.29, 1.82) is 0 Å². The molecule has 0 unspecified atom stereocenters. The highest BCUT2D eigenvalue weighted by Crippen LogP contribution is 2.28. The fourth-order valence-corrected chi connectivity index (χ4v) is 3.47. The summed E-state index contributed by atoms with van der Waals surface area (Å²) in [6, 6.07) is 16.3. The Labute approximate surface area is 169 Å². The lowest BCUT2D eigenvalue weighted by molar-refractivity contribution is 0.390. The molecule has 0 atom stereocenters. The molecular weight excluding hydrogens is 404 g/mol. The van der Waals surface area contributed by atoms with Crippen molar-refractivity contribution in [2.75, 3.05) is 25.7 Å². The fourth-order valence-electron chi connectivity index (χ4n) is 3.12. The van der Waals surface area contributed by atoms with E-state index in [9.17, 15) is 0 Å². The average molecular weight is 429 g/mol. The number of methoxy groups -OCH3 is 2. The van der Waals surface area contributed by atoms with Gasteiger partial charge in [-0.25, -0.2) is 4.98 Å². The van der Waals surface area contributed by atoms with Gasteiger partial charge in [0.15, 0.2) is 0 Å². The molecule has 0 aliphatic heterocycles. The number of anilines is 1. The Kier molecular flexibility index (Phi) is 6.22. The van der Waals surface area contributed by atoms with Gasteiger partial charge in [-0.15, -0.1) is 0 Å². The molecule has 5 heteroatoms. The van der Waals surface area contributed by atoms with Gasteiger partial charge in [-0.2, -0.15) is 0 Å². The number of nitrogens with zero attached hydrogens (tertiary/aromatic N) is 2. The van der Waals surface area contributed by atoms with E-state index in [1.165, 1.54) is 0 Å². The minimum atomic E-state index is 0.509. The maximum atomic E-state index is 5.58. The molecule has 0 N–H and O–H groups in total. The first kappa shape index (κ1) is 19.5. The second-order valence-electron chi connectivity index (χ2n) is 6.96. The van der Waals surface area contributed by atoms with Crippen molar-refractivity contribution >= 4 is 32.7 Å². The highest BCUT2D eigenvalue weighted by atomic mass is 79.9. The number of fused-ring (bicyclic) bond motifs is 1. The van der Waals surface area contributed by atoms with Gasteiger partial charge in [-0.3, -0.25) is 0 Å². The van der Waals surface area contributed by atoms with E-state index < -0.39 is 0 Å². The summed E-state index contributed by atoms with van der Waals surface area (Å²) in [6.45, 7) is 6.06. The van der Waals surface area contributed by atoms with Crippen molar-refractivity contribution in [2.45, 2.75) is 20.4 Å². The van der Waals surface area contributed by atoms with E-state index in [2.05, 4.69) is 65.0 Å². The van der Waals surface area contributed by atoms with Gasteiger partial charge in [-0.05, 0) is 42.3 Å². The summed E-state index contributed by atoms with van der Waals surface area (Å²) in [6.07, 6.45) is 0. The van der Waals surface area contributed by atoms with E-state index in [1.807, 2.05) is 18.2 Å². The lowest BCUT2D eigenvalue weighted by Gasteiger charge is -2.27. The van der Waals surface area contributed by atoms with E-state index in [0.717, 1.165) is 51.3 Å². The molecule has 27 heavy (non-hydrogen) atoms. The van der Waals surface area contributed by atoms with Crippen LogP contribution in [0.3, 0.4) is 0 Å². The average Bonchev–Trinajstić information content (AvgIpc) is 2.66. The minimum absolute atomic E-state index is 0.509. The minimum Gasteiger partial charge on any atom is -0.497 e. The molecule has 0 bridgehead atoms. The molecule has 0 fully saturated rings. The molecular formula is C22H25BrN2O2. The summed E-state index contributed by atoms with van der Waals surface area (Å²) in [4.78, 5) is 7.21. The van der Waals surface area contributed by atoms with Crippen LogP contribution in [0.15, 0.2) is 53.0 Å². The first-order chi connectivity index (χ1) is 13.0. The lowest BCUT2D eigenvalue weighted by Crippen LogP contribution is -2.28. The molecule has 0 saturated heterocycles. The van der Waals surface area contributed by atoms with Crippen LogP contribution in [0.5, 0.6) is 11.5 Å².